The van der Waals surface area contributed by atoms with Crippen molar-refractivity contribution >= 4 is 39.0 Å². The third-order valence-electron chi connectivity index (χ3n) is 2.25. The topological polar surface area (TPSA) is 49.8 Å². The van der Waals surface area contributed by atoms with Crippen LogP contribution in [0.4, 0.5) is 11.8 Å². The standard InChI is InChI=1S/C11H13BrN4S/c1-7-5-15-11(13-2)16-10(7)14-6-8-3-4-9(12)17-8/h3-5H,6H2,1-2H3,(H2,13,14,15,16). The van der Waals surface area contributed by atoms with Crippen LogP contribution in [-0.4, -0.2) is 17.0 Å². The number of nitrogens with one attached hydrogen (secondary N) is 2. The van der Waals surface area contributed by atoms with Crippen LogP contribution < -0.4 is 10.6 Å². The maximum Gasteiger partial charge on any atom is 0.224 e. The maximum absolute atomic E-state index is 4.37. The van der Waals surface area contributed by atoms with Gasteiger partial charge in [-0.3, -0.25) is 0 Å². The highest BCUT2D eigenvalue weighted by Crippen LogP contribution is 2.23. The van der Waals surface area contributed by atoms with Gasteiger partial charge in [0.05, 0.1) is 10.3 Å². The highest BCUT2D eigenvalue weighted by molar-refractivity contribution is 9.11. The molecule has 0 unspecified atom stereocenters. The Balaban J connectivity index is 2.07. The van der Waals surface area contributed by atoms with Crippen molar-refractivity contribution in [2.24, 2.45) is 0 Å². The Bertz CT molecular complexity index is 512. The predicted molar refractivity (Wildman–Crippen MR) is 75.7 cm³/mol. The van der Waals surface area contributed by atoms with Crippen molar-refractivity contribution in [2.45, 2.75) is 13.5 Å². The average molecular weight is 313 g/mol. The van der Waals surface area contributed by atoms with E-state index in [4.69, 9.17) is 0 Å². The molecule has 0 atom stereocenters. The lowest BCUT2D eigenvalue weighted by Crippen LogP contribution is -2.05. The number of nitrogens with zero attached hydrogens (tertiary/aromatic N) is 2. The van der Waals surface area contributed by atoms with Crippen LogP contribution >= 0.6 is 27.3 Å². The van der Waals surface area contributed by atoms with Crippen LogP contribution in [0.3, 0.4) is 0 Å². The minimum atomic E-state index is 0.630. The molecule has 2 N–H and O–H groups in total. The molecule has 0 amide bonds. The van der Waals surface area contributed by atoms with Gasteiger partial charge in [0.25, 0.3) is 0 Å². The van der Waals surface area contributed by atoms with Crippen LogP contribution in [0.5, 0.6) is 0 Å². The number of hydrogen-bond donors (Lipinski definition) is 2. The molecule has 0 aliphatic rings. The zero-order valence-corrected chi connectivity index (χ0v) is 12.0. The van der Waals surface area contributed by atoms with Crippen molar-refractivity contribution < 1.29 is 0 Å². The SMILES string of the molecule is CNc1ncc(C)c(NCc2ccc(Br)s2)n1. The van der Waals surface area contributed by atoms with Crippen molar-refractivity contribution in [3.05, 3.63) is 32.6 Å². The summed E-state index contributed by atoms with van der Waals surface area (Å²) in [5, 5.41) is 6.25. The Labute approximate surface area is 113 Å². The molecule has 0 aliphatic carbocycles. The molecule has 0 aliphatic heterocycles. The summed E-state index contributed by atoms with van der Waals surface area (Å²) in [6, 6.07) is 4.14. The Hall–Kier alpha value is -1.14. The second kappa shape index (κ2) is 5.46. The van der Waals surface area contributed by atoms with Gasteiger partial charge in [-0.15, -0.1) is 11.3 Å². The lowest BCUT2D eigenvalue weighted by atomic mass is 10.3. The number of aryl methyl sites for hydroxylation is 1. The Morgan fingerprint density at radius 3 is 2.88 bits per heavy atom. The van der Waals surface area contributed by atoms with E-state index < -0.39 is 0 Å². The van der Waals surface area contributed by atoms with Crippen molar-refractivity contribution in [1.82, 2.24) is 9.97 Å². The lowest BCUT2D eigenvalue weighted by Gasteiger charge is -2.08. The minimum Gasteiger partial charge on any atom is -0.365 e. The highest BCUT2D eigenvalue weighted by atomic mass is 79.9. The average Bonchev–Trinajstić information content (AvgIpc) is 2.74. The van der Waals surface area contributed by atoms with E-state index in [0.717, 1.165) is 21.7 Å². The van der Waals surface area contributed by atoms with E-state index >= 15 is 0 Å². The number of halogens is 1. The van der Waals surface area contributed by atoms with Gasteiger partial charge in [-0.05, 0) is 35.0 Å². The van der Waals surface area contributed by atoms with E-state index in [1.54, 1.807) is 11.3 Å². The smallest absolute Gasteiger partial charge is 0.224 e. The van der Waals surface area contributed by atoms with Crippen LogP contribution in [0.15, 0.2) is 22.1 Å². The zero-order valence-electron chi connectivity index (χ0n) is 9.62. The molecule has 0 aromatic carbocycles. The highest BCUT2D eigenvalue weighted by Gasteiger charge is 2.03. The van der Waals surface area contributed by atoms with Gasteiger partial charge >= 0.3 is 0 Å². The molecule has 0 fully saturated rings. The van der Waals surface area contributed by atoms with E-state index in [9.17, 15) is 0 Å². The monoisotopic (exact) mass is 312 g/mol. The number of anilines is 2. The fraction of sp³-hybridized carbons (Fsp3) is 0.273. The van der Waals surface area contributed by atoms with Crippen LogP contribution in [0.1, 0.15) is 10.4 Å². The Morgan fingerprint density at radius 2 is 2.24 bits per heavy atom. The first-order valence-corrected chi connectivity index (χ1v) is 6.79. The van der Waals surface area contributed by atoms with E-state index in [2.05, 4.69) is 42.6 Å². The van der Waals surface area contributed by atoms with Crippen molar-refractivity contribution in [2.75, 3.05) is 17.7 Å². The summed E-state index contributed by atoms with van der Waals surface area (Å²) in [5.41, 5.74) is 1.04. The fourth-order valence-electron chi connectivity index (χ4n) is 1.36. The van der Waals surface area contributed by atoms with Crippen molar-refractivity contribution in [1.29, 1.82) is 0 Å². The summed E-state index contributed by atoms with van der Waals surface area (Å²) < 4.78 is 1.14. The van der Waals surface area contributed by atoms with E-state index in [0.29, 0.717) is 5.95 Å². The summed E-state index contributed by atoms with van der Waals surface area (Å²) >= 11 is 5.17. The summed E-state index contributed by atoms with van der Waals surface area (Å²) in [4.78, 5) is 9.79. The van der Waals surface area contributed by atoms with Crippen molar-refractivity contribution in [3.63, 3.8) is 0 Å². The quantitative estimate of drug-likeness (QED) is 0.909. The van der Waals surface area contributed by atoms with E-state index in [1.807, 2.05) is 26.2 Å². The molecule has 17 heavy (non-hydrogen) atoms. The second-order valence-electron chi connectivity index (χ2n) is 3.53. The predicted octanol–water partition coefficient (Wildman–Crippen LogP) is 3.26. The molecular formula is C11H13BrN4S. The molecule has 2 rings (SSSR count). The Kier molecular flexibility index (Phi) is 3.96. The molecule has 0 saturated heterocycles. The molecule has 90 valence electrons. The molecular weight excluding hydrogens is 300 g/mol. The summed E-state index contributed by atoms with van der Waals surface area (Å²) in [7, 11) is 1.81. The molecule has 0 saturated carbocycles. The van der Waals surface area contributed by atoms with Gasteiger partial charge in [0, 0.05) is 23.7 Å². The summed E-state index contributed by atoms with van der Waals surface area (Å²) in [6.45, 7) is 2.77. The molecule has 2 aromatic heterocycles. The van der Waals surface area contributed by atoms with Gasteiger partial charge in [0.1, 0.15) is 5.82 Å². The normalized spacial score (nSPS) is 10.3. The molecule has 4 nitrogen and oxygen atoms in total. The van der Waals surface area contributed by atoms with Gasteiger partial charge in [-0.25, -0.2) is 4.98 Å². The lowest BCUT2D eigenvalue weighted by molar-refractivity contribution is 1.07. The van der Waals surface area contributed by atoms with Gasteiger partial charge in [0.15, 0.2) is 0 Å². The third kappa shape index (κ3) is 3.17. The largest absolute Gasteiger partial charge is 0.365 e. The summed E-state index contributed by atoms with van der Waals surface area (Å²) in [6.07, 6.45) is 1.81. The number of rotatable bonds is 4. The third-order valence-corrected chi connectivity index (χ3v) is 3.88. The first kappa shape index (κ1) is 12.3. The van der Waals surface area contributed by atoms with E-state index in [1.165, 1.54) is 4.88 Å². The Morgan fingerprint density at radius 1 is 1.41 bits per heavy atom. The molecule has 0 bridgehead atoms. The van der Waals surface area contributed by atoms with Crippen LogP contribution in [0, 0.1) is 6.92 Å². The van der Waals surface area contributed by atoms with E-state index in [-0.39, 0.29) is 0 Å². The van der Waals surface area contributed by atoms with Gasteiger partial charge in [0.2, 0.25) is 5.95 Å². The molecule has 2 aromatic rings. The van der Waals surface area contributed by atoms with Crippen molar-refractivity contribution in [3.8, 4) is 0 Å². The first-order valence-electron chi connectivity index (χ1n) is 5.18. The van der Waals surface area contributed by atoms with Gasteiger partial charge < -0.3 is 10.6 Å². The number of aromatic nitrogens is 2. The van der Waals surface area contributed by atoms with Gasteiger partial charge in [-0.2, -0.15) is 4.98 Å². The van der Waals surface area contributed by atoms with Crippen LogP contribution in [0.2, 0.25) is 0 Å². The first-order chi connectivity index (χ1) is 8.19. The number of hydrogen-bond acceptors (Lipinski definition) is 5. The minimum absolute atomic E-state index is 0.630. The molecule has 2 heterocycles. The van der Waals surface area contributed by atoms with Crippen LogP contribution in [-0.2, 0) is 6.54 Å². The van der Waals surface area contributed by atoms with Crippen LogP contribution in [0.25, 0.3) is 0 Å². The molecule has 0 spiro atoms. The molecule has 0 radical (unpaired) electrons. The maximum atomic E-state index is 4.37. The second-order valence-corrected chi connectivity index (χ2v) is 6.08. The molecule has 6 heteroatoms. The fourth-order valence-corrected chi connectivity index (χ4v) is 2.78. The zero-order chi connectivity index (χ0) is 12.3. The summed E-state index contributed by atoms with van der Waals surface area (Å²) in [5.74, 6) is 1.50. The number of thiophene rings is 1. The van der Waals surface area contributed by atoms with Gasteiger partial charge in [-0.1, -0.05) is 0 Å².